The number of carbonyl (C=O) groups excluding carboxylic acids is 1. The summed E-state index contributed by atoms with van der Waals surface area (Å²) in [5.41, 5.74) is 9.11. The predicted molar refractivity (Wildman–Crippen MR) is 86.0 cm³/mol. The molecule has 4 heteroatoms. The van der Waals surface area contributed by atoms with Crippen LogP contribution in [-0.4, -0.2) is 12.5 Å². The highest BCUT2D eigenvalue weighted by atomic mass is 79.9. The zero-order chi connectivity index (χ0) is 14.5. The van der Waals surface area contributed by atoms with Gasteiger partial charge in [-0.3, -0.25) is 4.79 Å². The molecule has 0 saturated carbocycles. The first kappa shape index (κ1) is 14.8. The van der Waals surface area contributed by atoms with Gasteiger partial charge in [-0.15, -0.1) is 0 Å². The molecule has 0 fully saturated rings. The molecule has 0 aliphatic rings. The van der Waals surface area contributed by atoms with Gasteiger partial charge in [-0.2, -0.15) is 0 Å². The van der Waals surface area contributed by atoms with Crippen LogP contribution in [0.3, 0.4) is 0 Å². The van der Waals surface area contributed by atoms with Crippen LogP contribution < -0.4 is 11.1 Å². The van der Waals surface area contributed by atoms with Gasteiger partial charge in [0.05, 0.1) is 0 Å². The standard InChI is InChI=1S/C16H17BrN2O/c1-11-10-13(6-7-15(11)17)19-16(20)14-5-3-2-4-12(14)8-9-18/h2-7,10H,8-9,18H2,1H3,(H,19,20). The summed E-state index contributed by atoms with van der Waals surface area (Å²) >= 11 is 3.45. The van der Waals surface area contributed by atoms with Crippen LogP contribution in [0.2, 0.25) is 0 Å². The van der Waals surface area contributed by atoms with Crippen molar-refractivity contribution in [1.29, 1.82) is 0 Å². The molecule has 0 aliphatic heterocycles. The molecular formula is C16H17BrN2O. The van der Waals surface area contributed by atoms with Gasteiger partial charge in [0.1, 0.15) is 0 Å². The Morgan fingerprint density at radius 3 is 2.70 bits per heavy atom. The summed E-state index contributed by atoms with van der Waals surface area (Å²) in [5.74, 6) is -0.101. The highest BCUT2D eigenvalue weighted by Gasteiger charge is 2.10. The molecule has 2 aromatic carbocycles. The van der Waals surface area contributed by atoms with Gasteiger partial charge in [-0.25, -0.2) is 0 Å². The van der Waals surface area contributed by atoms with Crippen molar-refractivity contribution in [2.24, 2.45) is 5.73 Å². The van der Waals surface area contributed by atoms with Gasteiger partial charge in [0.15, 0.2) is 0 Å². The molecular weight excluding hydrogens is 316 g/mol. The minimum Gasteiger partial charge on any atom is -0.330 e. The second kappa shape index (κ2) is 6.68. The second-order valence-electron chi connectivity index (χ2n) is 4.61. The van der Waals surface area contributed by atoms with Crippen LogP contribution in [0.4, 0.5) is 5.69 Å². The maximum Gasteiger partial charge on any atom is 0.255 e. The van der Waals surface area contributed by atoms with Crippen molar-refractivity contribution >= 4 is 27.5 Å². The Balaban J connectivity index is 2.21. The number of hydrogen-bond donors (Lipinski definition) is 2. The van der Waals surface area contributed by atoms with E-state index in [2.05, 4.69) is 21.2 Å². The number of nitrogens with two attached hydrogens (primary N) is 1. The Morgan fingerprint density at radius 1 is 1.25 bits per heavy atom. The average Bonchev–Trinajstić information content (AvgIpc) is 2.44. The van der Waals surface area contributed by atoms with E-state index in [4.69, 9.17) is 5.73 Å². The number of hydrogen-bond acceptors (Lipinski definition) is 2. The van der Waals surface area contributed by atoms with Gasteiger partial charge in [0.25, 0.3) is 5.91 Å². The van der Waals surface area contributed by atoms with E-state index in [1.807, 2.05) is 49.4 Å². The normalized spacial score (nSPS) is 10.3. The van der Waals surface area contributed by atoms with Crippen LogP contribution in [0.5, 0.6) is 0 Å². The molecule has 0 saturated heterocycles. The van der Waals surface area contributed by atoms with E-state index in [9.17, 15) is 4.79 Å². The van der Waals surface area contributed by atoms with Gasteiger partial charge < -0.3 is 11.1 Å². The third kappa shape index (κ3) is 3.46. The van der Waals surface area contributed by atoms with Crippen molar-refractivity contribution in [2.75, 3.05) is 11.9 Å². The van der Waals surface area contributed by atoms with E-state index in [1.54, 1.807) is 0 Å². The summed E-state index contributed by atoms with van der Waals surface area (Å²) in [6.07, 6.45) is 0.697. The third-order valence-electron chi connectivity index (χ3n) is 3.09. The molecule has 2 rings (SSSR count). The second-order valence-corrected chi connectivity index (χ2v) is 5.47. The summed E-state index contributed by atoms with van der Waals surface area (Å²) in [5, 5.41) is 2.92. The van der Waals surface area contributed by atoms with E-state index in [-0.39, 0.29) is 5.91 Å². The molecule has 0 heterocycles. The minimum absolute atomic E-state index is 0.101. The smallest absolute Gasteiger partial charge is 0.255 e. The van der Waals surface area contributed by atoms with Crippen molar-refractivity contribution in [3.05, 3.63) is 63.6 Å². The van der Waals surface area contributed by atoms with Crippen molar-refractivity contribution in [3.63, 3.8) is 0 Å². The first-order valence-electron chi connectivity index (χ1n) is 6.47. The number of rotatable bonds is 4. The summed E-state index contributed by atoms with van der Waals surface area (Å²) in [7, 11) is 0. The van der Waals surface area contributed by atoms with Crippen LogP contribution in [0.1, 0.15) is 21.5 Å². The van der Waals surface area contributed by atoms with E-state index < -0.39 is 0 Å². The molecule has 3 N–H and O–H groups in total. The lowest BCUT2D eigenvalue weighted by atomic mass is 10.0. The molecule has 1 amide bonds. The summed E-state index contributed by atoms with van der Waals surface area (Å²) in [6, 6.07) is 13.3. The average molecular weight is 333 g/mol. The molecule has 0 aliphatic carbocycles. The van der Waals surface area contributed by atoms with Crippen molar-refractivity contribution < 1.29 is 4.79 Å². The van der Waals surface area contributed by atoms with Gasteiger partial charge in [-0.05, 0) is 55.3 Å². The number of benzene rings is 2. The fourth-order valence-corrected chi connectivity index (χ4v) is 2.28. The van der Waals surface area contributed by atoms with Crippen LogP contribution >= 0.6 is 15.9 Å². The van der Waals surface area contributed by atoms with Gasteiger partial charge in [-0.1, -0.05) is 34.1 Å². The van der Waals surface area contributed by atoms with Crippen molar-refractivity contribution in [2.45, 2.75) is 13.3 Å². The molecule has 0 aromatic heterocycles. The lowest BCUT2D eigenvalue weighted by Gasteiger charge is -2.10. The van der Waals surface area contributed by atoms with Crippen molar-refractivity contribution in [3.8, 4) is 0 Å². The first-order valence-corrected chi connectivity index (χ1v) is 7.26. The van der Waals surface area contributed by atoms with Crippen LogP contribution in [0.25, 0.3) is 0 Å². The monoisotopic (exact) mass is 332 g/mol. The van der Waals surface area contributed by atoms with Crippen LogP contribution in [0.15, 0.2) is 46.9 Å². The predicted octanol–water partition coefficient (Wildman–Crippen LogP) is 3.51. The molecule has 0 bridgehead atoms. The van der Waals surface area contributed by atoms with Gasteiger partial charge in [0, 0.05) is 15.7 Å². The molecule has 3 nitrogen and oxygen atoms in total. The number of carbonyl (C=O) groups is 1. The Kier molecular flexibility index (Phi) is 4.93. The fourth-order valence-electron chi connectivity index (χ4n) is 2.04. The van der Waals surface area contributed by atoms with Gasteiger partial charge >= 0.3 is 0 Å². The first-order chi connectivity index (χ1) is 9.61. The highest BCUT2D eigenvalue weighted by Crippen LogP contribution is 2.21. The van der Waals surface area contributed by atoms with E-state index in [1.165, 1.54) is 0 Å². The Labute approximate surface area is 127 Å². The van der Waals surface area contributed by atoms with Crippen LogP contribution in [0, 0.1) is 6.92 Å². The molecule has 0 unspecified atom stereocenters. The molecule has 0 spiro atoms. The summed E-state index contributed by atoms with van der Waals surface area (Å²) in [6.45, 7) is 2.52. The number of halogens is 1. The summed E-state index contributed by atoms with van der Waals surface area (Å²) in [4.78, 5) is 12.3. The third-order valence-corrected chi connectivity index (χ3v) is 3.98. The number of aryl methyl sites for hydroxylation is 1. The number of anilines is 1. The fraction of sp³-hybridized carbons (Fsp3) is 0.188. The Bertz CT molecular complexity index is 626. The highest BCUT2D eigenvalue weighted by molar-refractivity contribution is 9.10. The molecule has 0 radical (unpaired) electrons. The number of nitrogens with one attached hydrogen (secondary N) is 1. The van der Waals surface area contributed by atoms with E-state index in [0.29, 0.717) is 18.5 Å². The van der Waals surface area contributed by atoms with E-state index >= 15 is 0 Å². The number of amides is 1. The Hall–Kier alpha value is -1.65. The molecule has 0 atom stereocenters. The maximum absolute atomic E-state index is 12.3. The Morgan fingerprint density at radius 2 is 2.00 bits per heavy atom. The topological polar surface area (TPSA) is 55.1 Å². The van der Waals surface area contributed by atoms with E-state index in [0.717, 1.165) is 21.3 Å². The summed E-state index contributed by atoms with van der Waals surface area (Å²) < 4.78 is 1.03. The molecule has 20 heavy (non-hydrogen) atoms. The molecule has 104 valence electrons. The van der Waals surface area contributed by atoms with Gasteiger partial charge in [0.2, 0.25) is 0 Å². The maximum atomic E-state index is 12.3. The zero-order valence-electron chi connectivity index (χ0n) is 11.3. The quantitative estimate of drug-likeness (QED) is 0.900. The minimum atomic E-state index is -0.101. The zero-order valence-corrected chi connectivity index (χ0v) is 12.9. The largest absolute Gasteiger partial charge is 0.330 e. The van der Waals surface area contributed by atoms with Crippen molar-refractivity contribution in [1.82, 2.24) is 0 Å². The molecule has 2 aromatic rings. The lowest BCUT2D eigenvalue weighted by molar-refractivity contribution is 0.102. The van der Waals surface area contributed by atoms with Crippen LogP contribution in [-0.2, 0) is 6.42 Å². The lowest BCUT2D eigenvalue weighted by Crippen LogP contribution is -2.16. The SMILES string of the molecule is Cc1cc(NC(=O)c2ccccc2CCN)ccc1Br.